The molecule has 2 nitrogen and oxygen atoms in total. The molecule has 1 aromatic rings. The third-order valence-corrected chi connectivity index (χ3v) is 5.54. The summed E-state index contributed by atoms with van der Waals surface area (Å²) >= 11 is 6.25. The summed E-state index contributed by atoms with van der Waals surface area (Å²) in [4.78, 5) is 2.46. The first-order chi connectivity index (χ1) is 9.88. The van der Waals surface area contributed by atoms with E-state index in [4.69, 9.17) is 11.6 Å². The average molecular weight is 305 g/mol. The van der Waals surface area contributed by atoms with Crippen LogP contribution >= 0.6 is 11.6 Å². The molecule has 1 aromatic carbocycles. The van der Waals surface area contributed by atoms with Crippen molar-refractivity contribution in [3.8, 4) is 6.07 Å². The summed E-state index contributed by atoms with van der Waals surface area (Å²) in [5.41, 5.74) is 1.53. The average Bonchev–Trinajstić information content (AvgIpc) is 2.42. The number of nitriles is 1. The van der Waals surface area contributed by atoms with Gasteiger partial charge in [-0.2, -0.15) is 5.26 Å². The van der Waals surface area contributed by atoms with Crippen LogP contribution in [0.4, 0.5) is 0 Å². The Labute approximate surface area is 133 Å². The van der Waals surface area contributed by atoms with Gasteiger partial charge >= 0.3 is 0 Å². The molecule has 0 amide bonds. The van der Waals surface area contributed by atoms with Gasteiger partial charge in [-0.25, -0.2) is 0 Å². The molecule has 1 aliphatic heterocycles. The summed E-state index contributed by atoms with van der Waals surface area (Å²) in [6, 6.07) is 10.5. The summed E-state index contributed by atoms with van der Waals surface area (Å²) in [7, 11) is 0. The largest absolute Gasteiger partial charge is 0.299 e. The molecule has 0 unspecified atom stereocenters. The molecule has 3 heteroatoms. The van der Waals surface area contributed by atoms with Gasteiger partial charge in [0.1, 0.15) is 0 Å². The van der Waals surface area contributed by atoms with Crippen LogP contribution in [0.1, 0.15) is 45.6 Å². The van der Waals surface area contributed by atoms with E-state index in [0.717, 1.165) is 37.5 Å². The lowest BCUT2D eigenvalue weighted by Gasteiger charge is -2.49. The third kappa shape index (κ3) is 3.59. The van der Waals surface area contributed by atoms with Gasteiger partial charge in [-0.3, -0.25) is 4.90 Å². The van der Waals surface area contributed by atoms with E-state index >= 15 is 0 Å². The van der Waals surface area contributed by atoms with E-state index in [9.17, 15) is 5.26 Å². The zero-order chi connectivity index (χ0) is 15.5. The topological polar surface area (TPSA) is 27.0 Å². The summed E-state index contributed by atoms with van der Waals surface area (Å²) in [5, 5.41) is 10.1. The Morgan fingerprint density at radius 3 is 2.38 bits per heavy atom. The number of nitrogens with zero attached hydrogens (tertiary/aromatic N) is 2. The Morgan fingerprint density at radius 2 is 1.86 bits per heavy atom. The monoisotopic (exact) mass is 304 g/mol. The Morgan fingerprint density at radius 1 is 1.24 bits per heavy atom. The van der Waals surface area contributed by atoms with Crippen LogP contribution in [0.5, 0.6) is 0 Å². The number of hydrogen-bond acceptors (Lipinski definition) is 2. The highest BCUT2D eigenvalue weighted by molar-refractivity contribution is 6.31. The summed E-state index contributed by atoms with van der Waals surface area (Å²) in [6.07, 6.45) is 2.85. The molecule has 0 saturated carbocycles. The van der Waals surface area contributed by atoms with E-state index in [1.54, 1.807) is 0 Å². The fraction of sp³-hybridized carbons (Fsp3) is 0.611. The van der Waals surface area contributed by atoms with Gasteiger partial charge in [0.2, 0.25) is 0 Å². The van der Waals surface area contributed by atoms with Crippen molar-refractivity contribution in [2.75, 3.05) is 13.1 Å². The van der Waals surface area contributed by atoms with E-state index in [-0.39, 0.29) is 10.8 Å². The fourth-order valence-corrected chi connectivity index (χ4v) is 3.55. The van der Waals surface area contributed by atoms with Gasteiger partial charge in [0.15, 0.2) is 0 Å². The predicted octanol–water partition coefficient (Wildman–Crippen LogP) is 4.88. The molecule has 0 bridgehead atoms. The molecule has 0 atom stereocenters. The number of benzene rings is 1. The highest BCUT2D eigenvalue weighted by atomic mass is 35.5. The van der Waals surface area contributed by atoms with Crippen LogP contribution in [0, 0.1) is 22.2 Å². The second kappa shape index (κ2) is 6.38. The number of piperidine rings is 1. The number of rotatable bonds is 3. The van der Waals surface area contributed by atoms with Crippen LogP contribution < -0.4 is 0 Å². The summed E-state index contributed by atoms with van der Waals surface area (Å²) in [5.74, 6) is 0. The third-order valence-electron chi connectivity index (χ3n) is 5.17. The smallest absolute Gasteiger partial charge is 0.0627 e. The zero-order valence-electron chi connectivity index (χ0n) is 13.3. The maximum Gasteiger partial charge on any atom is 0.0627 e. The Hall–Kier alpha value is -1.04. The molecule has 114 valence electrons. The first kappa shape index (κ1) is 16.3. The van der Waals surface area contributed by atoms with Crippen molar-refractivity contribution in [3.05, 3.63) is 34.9 Å². The number of halogens is 1. The van der Waals surface area contributed by atoms with Gasteiger partial charge in [0, 0.05) is 18.0 Å². The van der Waals surface area contributed by atoms with Gasteiger partial charge in [0.25, 0.3) is 0 Å². The molecule has 0 aliphatic carbocycles. The van der Waals surface area contributed by atoms with Gasteiger partial charge in [-0.05, 0) is 48.4 Å². The number of hydrogen-bond donors (Lipinski definition) is 0. The van der Waals surface area contributed by atoms with Gasteiger partial charge in [-0.15, -0.1) is 0 Å². The molecule has 21 heavy (non-hydrogen) atoms. The minimum absolute atomic E-state index is 0.152. The Balaban J connectivity index is 2.03. The molecule has 1 saturated heterocycles. The molecule has 1 heterocycles. The first-order valence-corrected chi connectivity index (χ1v) is 8.08. The molecular formula is C18H25ClN2. The second-order valence-corrected chi connectivity index (χ2v) is 7.64. The van der Waals surface area contributed by atoms with Gasteiger partial charge in [-0.1, -0.05) is 50.6 Å². The maximum atomic E-state index is 9.20. The highest BCUT2D eigenvalue weighted by Gasteiger charge is 2.43. The van der Waals surface area contributed by atoms with Crippen molar-refractivity contribution in [3.63, 3.8) is 0 Å². The molecule has 0 aromatic heterocycles. The highest BCUT2D eigenvalue weighted by Crippen LogP contribution is 2.49. The van der Waals surface area contributed by atoms with Crippen LogP contribution in [-0.2, 0) is 6.54 Å². The van der Waals surface area contributed by atoms with Crippen molar-refractivity contribution in [2.45, 2.75) is 46.6 Å². The maximum absolute atomic E-state index is 9.20. The first-order valence-electron chi connectivity index (χ1n) is 7.71. The van der Waals surface area contributed by atoms with E-state index in [2.05, 4.69) is 37.8 Å². The second-order valence-electron chi connectivity index (χ2n) is 7.23. The van der Waals surface area contributed by atoms with Gasteiger partial charge in [0.05, 0.1) is 6.07 Å². The normalized spacial score (nSPS) is 19.2. The van der Waals surface area contributed by atoms with Crippen LogP contribution in [0.3, 0.4) is 0 Å². The standard InChI is InChI=1S/C18H25ClN2/c1-17(2,3)18(8-11-20)9-12-21(13-10-18)14-15-6-4-5-7-16(15)19/h4-7H,8-10,12-14H2,1-3H3. The lowest BCUT2D eigenvalue weighted by Crippen LogP contribution is -2.46. The van der Waals surface area contributed by atoms with Crippen LogP contribution in [0.15, 0.2) is 24.3 Å². The molecule has 0 N–H and O–H groups in total. The fourth-order valence-electron chi connectivity index (χ4n) is 3.35. The van der Waals surface area contributed by atoms with Crippen molar-refractivity contribution in [1.82, 2.24) is 4.90 Å². The van der Waals surface area contributed by atoms with E-state index in [1.165, 1.54) is 5.56 Å². The van der Waals surface area contributed by atoms with E-state index < -0.39 is 0 Å². The van der Waals surface area contributed by atoms with Crippen LogP contribution in [0.2, 0.25) is 5.02 Å². The molecule has 2 rings (SSSR count). The molecule has 1 fully saturated rings. The van der Waals surface area contributed by atoms with Crippen LogP contribution in [0.25, 0.3) is 0 Å². The lowest BCUT2D eigenvalue weighted by atomic mass is 9.60. The molecule has 1 aliphatic rings. The van der Waals surface area contributed by atoms with E-state index in [0.29, 0.717) is 6.42 Å². The van der Waals surface area contributed by atoms with Gasteiger partial charge < -0.3 is 0 Å². The summed E-state index contributed by atoms with van der Waals surface area (Å²) in [6.45, 7) is 9.82. The van der Waals surface area contributed by atoms with Crippen molar-refractivity contribution < 1.29 is 0 Å². The van der Waals surface area contributed by atoms with Crippen molar-refractivity contribution >= 4 is 11.6 Å². The lowest BCUT2D eigenvalue weighted by molar-refractivity contribution is 0.00712. The zero-order valence-corrected chi connectivity index (χ0v) is 14.1. The Bertz CT molecular complexity index is 517. The van der Waals surface area contributed by atoms with Crippen molar-refractivity contribution in [2.24, 2.45) is 10.8 Å². The van der Waals surface area contributed by atoms with E-state index in [1.807, 2.05) is 18.2 Å². The number of likely N-dealkylation sites (tertiary alicyclic amines) is 1. The van der Waals surface area contributed by atoms with Crippen LogP contribution in [-0.4, -0.2) is 18.0 Å². The predicted molar refractivity (Wildman–Crippen MR) is 88.1 cm³/mol. The molecule has 0 radical (unpaired) electrons. The Kier molecular flexibility index (Phi) is 4.96. The quantitative estimate of drug-likeness (QED) is 0.795. The molecule has 0 spiro atoms. The molecular weight excluding hydrogens is 280 g/mol. The van der Waals surface area contributed by atoms with Crippen molar-refractivity contribution in [1.29, 1.82) is 5.26 Å². The minimum atomic E-state index is 0.152. The minimum Gasteiger partial charge on any atom is -0.299 e. The summed E-state index contributed by atoms with van der Waals surface area (Å²) < 4.78 is 0. The SMILES string of the molecule is CC(C)(C)C1(CC#N)CCN(Cc2ccccc2Cl)CC1.